The van der Waals surface area contributed by atoms with Crippen LogP contribution in [0.1, 0.15) is 12.8 Å². The van der Waals surface area contributed by atoms with Gasteiger partial charge in [-0.2, -0.15) is 0 Å². The van der Waals surface area contributed by atoms with Gasteiger partial charge in [0, 0.05) is 11.5 Å². The fourth-order valence-electron chi connectivity index (χ4n) is 1.09. The van der Waals surface area contributed by atoms with Crippen LogP contribution in [0.4, 0.5) is 0 Å². The van der Waals surface area contributed by atoms with Crippen molar-refractivity contribution in [2.45, 2.75) is 12.8 Å². The average molecular weight is 170 g/mol. The Morgan fingerprint density at radius 2 is 2.18 bits per heavy atom. The number of carbonyl (C=O) groups is 1. The molecule has 0 atom stereocenters. The lowest BCUT2D eigenvalue weighted by atomic mass is 10.2. The molecule has 0 unspecified atom stereocenters. The van der Waals surface area contributed by atoms with Gasteiger partial charge in [-0.25, -0.2) is 0 Å². The van der Waals surface area contributed by atoms with Crippen molar-refractivity contribution in [1.82, 2.24) is 0 Å². The summed E-state index contributed by atoms with van der Waals surface area (Å²) < 4.78 is 0. The van der Waals surface area contributed by atoms with Crippen molar-refractivity contribution in [3.05, 3.63) is 22.9 Å². The predicted molar refractivity (Wildman–Crippen MR) is 45.8 cm³/mol. The number of Topliss-reactive ketones (excluding diaryl/α,β-unsaturated/α-hetero) is 1. The molecule has 58 valence electrons. The number of carbonyl (C=O) groups excluding carboxylic acids is 1. The van der Waals surface area contributed by atoms with E-state index in [1.54, 1.807) is 0 Å². The van der Waals surface area contributed by atoms with Gasteiger partial charge in [0.25, 0.3) is 0 Å². The lowest BCUT2D eigenvalue weighted by Crippen LogP contribution is -1.92. The van der Waals surface area contributed by atoms with Crippen molar-refractivity contribution in [1.29, 1.82) is 0 Å². The SMILES string of the molecule is C=NC1=C(C(=C)Cl)CCC1=O. The second kappa shape index (κ2) is 3.01. The molecular formula is C8H8ClNO. The molecule has 0 aromatic rings. The lowest BCUT2D eigenvalue weighted by molar-refractivity contribution is -0.114. The number of nitrogens with zero attached hydrogens (tertiary/aromatic N) is 1. The maximum atomic E-state index is 11.0. The molecule has 0 spiro atoms. The van der Waals surface area contributed by atoms with Gasteiger partial charge in [-0.1, -0.05) is 18.2 Å². The molecule has 0 aliphatic heterocycles. The molecule has 0 heterocycles. The average Bonchev–Trinajstić information content (AvgIpc) is 2.30. The maximum absolute atomic E-state index is 11.0. The van der Waals surface area contributed by atoms with E-state index in [2.05, 4.69) is 18.3 Å². The zero-order chi connectivity index (χ0) is 8.43. The fourth-order valence-corrected chi connectivity index (χ4v) is 1.28. The number of hydrogen-bond acceptors (Lipinski definition) is 2. The smallest absolute Gasteiger partial charge is 0.181 e. The van der Waals surface area contributed by atoms with Gasteiger partial charge in [-0.15, -0.1) is 0 Å². The van der Waals surface area contributed by atoms with E-state index < -0.39 is 0 Å². The Kier molecular flexibility index (Phi) is 2.25. The first-order chi connectivity index (χ1) is 5.16. The van der Waals surface area contributed by atoms with E-state index in [0.717, 1.165) is 5.57 Å². The minimum absolute atomic E-state index is 0.0109. The monoisotopic (exact) mass is 169 g/mol. The van der Waals surface area contributed by atoms with Crippen LogP contribution < -0.4 is 0 Å². The van der Waals surface area contributed by atoms with Crippen molar-refractivity contribution < 1.29 is 4.79 Å². The Morgan fingerprint density at radius 1 is 1.55 bits per heavy atom. The number of hydrogen-bond donors (Lipinski definition) is 0. The van der Waals surface area contributed by atoms with Crippen LogP contribution in [0.5, 0.6) is 0 Å². The molecule has 0 amide bonds. The number of allylic oxidation sites excluding steroid dienone is 3. The minimum Gasteiger partial charge on any atom is -0.292 e. The van der Waals surface area contributed by atoms with E-state index in [4.69, 9.17) is 11.6 Å². The molecule has 0 saturated carbocycles. The van der Waals surface area contributed by atoms with Gasteiger partial charge in [0.15, 0.2) is 5.78 Å². The summed E-state index contributed by atoms with van der Waals surface area (Å²) in [6, 6.07) is 0. The molecule has 0 fully saturated rings. The first-order valence-electron chi connectivity index (χ1n) is 3.24. The molecule has 1 aliphatic rings. The summed E-state index contributed by atoms with van der Waals surface area (Å²) in [5, 5.41) is 0.401. The zero-order valence-corrected chi connectivity index (χ0v) is 6.82. The van der Waals surface area contributed by atoms with Crippen molar-refractivity contribution in [2.75, 3.05) is 0 Å². The van der Waals surface area contributed by atoms with Crippen LogP contribution in [0.3, 0.4) is 0 Å². The molecule has 0 bridgehead atoms. The second-order valence-corrected chi connectivity index (χ2v) is 2.77. The van der Waals surface area contributed by atoms with Gasteiger partial charge in [0.2, 0.25) is 0 Å². The molecule has 2 nitrogen and oxygen atoms in total. The summed E-state index contributed by atoms with van der Waals surface area (Å²) in [4.78, 5) is 14.6. The molecule has 0 saturated heterocycles. The summed E-state index contributed by atoms with van der Waals surface area (Å²) in [5.74, 6) is 0.0109. The minimum atomic E-state index is 0.0109. The van der Waals surface area contributed by atoms with Crippen LogP contribution in [0.2, 0.25) is 0 Å². The molecule has 11 heavy (non-hydrogen) atoms. The van der Waals surface area contributed by atoms with E-state index in [-0.39, 0.29) is 5.78 Å². The first kappa shape index (κ1) is 8.21. The molecule has 0 aromatic heterocycles. The van der Waals surface area contributed by atoms with E-state index in [1.807, 2.05) is 0 Å². The highest BCUT2D eigenvalue weighted by molar-refractivity contribution is 6.32. The van der Waals surface area contributed by atoms with Crippen molar-refractivity contribution in [3.8, 4) is 0 Å². The van der Waals surface area contributed by atoms with Gasteiger partial charge in [0.05, 0.1) is 0 Å². The van der Waals surface area contributed by atoms with E-state index in [9.17, 15) is 4.79 Å². The number of halogens is 1. The summed E-state index contributed by atoms with van der Waals surface area (Å²) in [6.45, 7) is 6.83. The Hall–Kier alpha value is -0.890. The van der Waals surface area contributed by atoms with Crippen LogP contribution >= 0.6 is 11.6 Å². The molecular weight excluding hydrogens is 162 g/mol. The van der Waals surface area contributed by atoms with E-state index in [0.29, 0.717) is 23.6 Å². The van der Waals surface area contributed by atoms with Gasteiger partial charge in [-0.3, -0.25) is 9.79 Å². The number of rotatable bonds is 2. The van der Waals surface area contributed by atoms with Gasteiger partial charge < -0.3 is 0 Å². The predicted octanol–water partition coefficient (Wildman–Crippen LogP) is 2.06. The van der Waals surface area contributed by atoms with Crippen molar-refractivity contribution >= 4 is 24.1 Å². The Balaban J connectivity index is 3.07. The van der Waals surface area contributed by atoms with Crippen LogP contribution in [0, 0.1) is 0 Å². The quantitative estimate of drug-likeness (QED) is 0.582. The molecule has 0 radical (unpaired) electrons. The van der Waals surface area contributed by atoms with Gasteiger partial charge >= 0.3 is 0 Å². The summed E-state index contributed by atoms with van der Waals surface area (Å²) in [5.41, 5.74) is 1.14. The summed E-state index contributed by atoms with van der Waals surface area (Å²) in [7, 11) is 0. The van der Waals surface area contributed by atoms with Crippen LogP contribution in [0.15, 0.2) is 27.9 Å². The summed E-state index contributed by atoms with van der Waals surface area (Å²) >= 11 is 5.63. The third kappa shape index (κ3) is 1.40. The molecule has 0 aromatic carbocycles. The topological polar surface area (TPSA) is 29.4 Å². The van der Waals surface area contributed by atoms with Gasteiger partial charge in [0.1, 0.15) is 5.70 Å². The third-order valence-electron chi connectivity index (χ3n) is 1.64. The van der Waals surface area contributed by atoms with Gasteiger partial charge in [-0.05, 0) is 18.7 Å². The molecule has 0 N–H and O–H groups in total. The standard InChI is InChI=1S/C8H8ClNO/c1-5(9)6-3-4-7(11)8(6)10-2/h1-4H2. The first-order valence-corrected chi connectivity index (χ1v) is 3.62. The maximum Gasteiger partial charge on any atom is 0.181 e. The second-order valence-electron chi connectivity index (χ2n) is 2.31. The molecule has 3 heteroatoms. The lowest BCUT2D eigenvalue weighted by Gasteiger charge is -1.96. The number of aliphatic imine (C=N–C) groups is 1. The largest absolute Gasteiger partial charge is 0.292 e. The highest BCUT2D eigenvalue weighted by Gasteiger charge is 2.22. The Labute approximate surface area is 70.3 Å². The molecule has 1 rings (SSSR count). The Bertz CT molecular complexity index is 265. The van der Waals surface area contributed by atoms with Crippen molar-refractivity contribution in [3.63, 3.8) is 0 Å². The normalized spacial score (nSPS) is 17.4. The Morgan fingerprint density at radius 3 is 2.55 bits per heavy atom. The van der Waals surface area contributed by atoms with Crippen LogP contribution in [0.25, 0.3) is 0 Å². The van der Waals surface area contributed by atoms with E-state index in [1.165, 1.54) is 0 Å². The zero-order valence-electron chi connectivity index (χ0n) is 6.06. The summed E-state index contributed by atoms with van der Waals surface area (Å²) in [6.07, 6.45) is 1.13. The molecule has 1 aliphatic carbocycles. The highest BCUT2D eigenvalue weighted by atomic mass is 35.5. The van der Waals surface area contributed by atoms with E-state index >= 15 is 0 Å². The fraction of sp³-hybridized carbons (Fsp3) is 0.250. The van der Waals surface area contributed by atoms with Crippen molar-refractivity contribution in [2.24, 2.45) is 4.99 Å². The third-order valence-corrected chi connectivity index (χ3v) is 1.87. The van der Waals surface area contributed by atoms with Crippen LogP contribution in [-0.4, -0.2) is 12.5 Å². The highest BCUT2D eigenvalue weighted by Crippen LogP contribution is 2.30. The van der Waals surface area contributed by atoms with Crippen LogP contribution in [-0.2, 0) is 4.79 Å². The number of ketones is 1.